The zero-order valence-corrected chi connectivity index (χ0v) is 16.7. The number of aryl methyl sites for hydroxylation is 2. The van der Waals surface area contributed by atoms with Crippen molar-refractivity contribution in [2.75, 3.05) is 40.8 Å². The molecule has 26 heavy (non-hydrogen) atoms. The van der Waals surface area contributed by atoms with Gasteiger partial charge < -0.3 is 19.1 Å². The van der Waals surface area contributed by atoms with Crippen molar-refractivity contribution in [3.8, 4) is 5.75 Å². The minimum absolute atomic E-state index is 0.782. The fourth-order valence-electron chi connectivity index (χ4n) is 4.01. The molecule has 3 rings (SSSR count). The molecule has 2 heterocycles. The number of nitrogens with zero attached hydrogens (tertiary/aromatic N) is 3. The molecule has 0 bridgehead atoms. The van der Waals surface area contributed by atoms with E-state index in [2.05, 4.69) is 47.3 Å². The molecule has 1 atom stereocenters. The highest BCUT2D eigenvalue weighted by atomic mass is 16.5. The van der Waals surface area contributed by atoms with E-state index in [0.717, 1.165) is 48.2 Å². The van der Waals surface area contributed by atoms with Gasteiger partial charge in [0.1, 0.15) is 11.5 Å². The molecular formula is C21H31N3O2. The molecule has 1 aromatic carbocycles. The maximum absolute atomic E-state index is 5.58. The topological polar surface area (TPSA) is 41.7 Å². The van der Waals surface area contributed by atoms with Gasteiger partial charge in [-0.15, -0.1) is 0 Å². The van der Waals surface area contributed by atoms with Crippen LogP contribution in [0.3, 0.4) is 0 Å². The first-order valence-corrected chi connectivity index (χ1v) is 9.41. The number of benzene rings is 1. The summed E-state index contributed by atoms with van der Waals surface area (Å²) in [4.78, 5) is 4.86. The lowest BCUT2D eigenvalue weighted by Gasteiger charge is -2.21. The summed E-state index contributed by atoms with van der Waals surface area (Å²) < 4.78 is 10.9. The van der Waals surface area contributed by atoms with Gasteiger partial charge in [-0.1, -0.05) is 17.3 Å². The van der Waals surface area contributed by atoms with Crippen LogP contribution in [-0.2, 0) is 13.0 Å². The third-order valence-electron chi connectivity index (χ3n) is 5.40. The van der Waals surface area contributed by atoms with Crippen LogP contribution in [0.15, 0.2) is 22.7 Å². The van der Waals surface area contributed by atoms with Crippen LogP contribution >= 0.6 is 0 Å². The number of hydrogen-bond donors (Lipinski definition) is 0. The van der Waals surface area contributed by atoms with Gasteiger partial charge in [0.15, 0.2) is 0 Å². The standard InChI is InChI=1S/C21H31N3O2/c1-15-20(16(2)26-22-15)11-19-10-17(6-7-21(19)25-5)12-24(4)14-18-8-9-23(3)13-18/h6-7,10,18H,8-9,11-14H2,1-5H3. The highest BCUT2D eigenvalue weighted by Gasteiger charge is 2.21. The van der Waals surface area contributed by atoms with Crippen molar-refractivity contribution in [1.29, 1.82) is 0 Å². The van der Waals surface area contributed by atoms with Gasteiger partial charge in [0.25, 0.3) is 0 Å². The summed E-state index contributed by atoms with van der Waals surface area (Å²) in [6.45, 7) is 8.51. The van der Waals surface area contributed by atoms with Crippen LogP contribution in [0.2, 0.25) is 0 Å². The molecule has 5 heteroatoms. The minimum atomic E-state index is 0.782. The lowest BCUT2D eigenvalue weighted by molar-refractivity contribution is 0.267. The Morgan fingerprint density at radius 2 is 2.15 bits per heavy atom. The summed E-state index contributed by atoms with van der Waals surface area (Å²) in [6.07, 6.45) is 2.09. The maximum Gasteiger partial charge on any atom is 0.137 e. The molecule has 1 aromatic heterocycles. The summed E-state index contributed by atoms with van der Waals surface area (Å²) in [5.74, 6) is 2.59. The second-order valence-electron chi connectivity index (χ2n) is 7.74. The normalized spacial score (nSPS) is 18.0. The Hall–Kier alpha value is -1.85. The summed E-state index contributed by atoms with van der Waals surface area (Å²) >= 11 is 0. The molecule has 1 fully saturated rings. The molecule has 0 radical (unpaired) electrons. The van der Waals surface area contributed by atoms with Crippen LogP contribution in [0.5, 0.6) is 5.75 Å². The van der Waals surface area contributed by atoms with Gasteiger partial charge >= 0.3 is 0 Å². The van der Waals surface area contributed by atoms with E-state index in [1.807, 2.05) is 13.8 Å². The quantitative estimate of drug-likeness (QED) is 0.761. The molecule has 0 aliphatic carbocycles. The number of likely N-dealkylation sites (tertiary alicyclic amines) is 1. The maximum atomic E-state index is 5.58. The summed E-state index contributed by atoms with van der Waals surface area (Å²) in [5, 5.41) is 4.07. The van der Waals surface area contributed by atoms with Crippen molar-refractivity contribution in [2.24, 2.45) is 5.92 Å². The third kappa shape index (κ3) is 4.46. The van der Waals surface area contributed by atoms with Gasteiger partial charge in [0.2, 0.25) is 0 Å². The molecule has 1 aliphatic heterocycles. The van der Waals surface area contributed by atoms with Gasteiger partial charge in [-0.25, -0.2) is 0 Å². The molecular weight excluding hydrogens is 326 g/mol. The smallest absolute Gasteiger partial charge is 0.137 e. The number of aromatic nitrogens is 1. The van der Waals surface area contributed by atoms with Gasteiger partial charge in [0, 0.05) is 31.6 Å². The Kier molecular flexibility index (Phi) is 5.99. The molecule has 5 nitrogen and oxygen atoms in total. The van der Waals surface area contributed by atoms with Gasteiger partial charge in [-0.05, 0) is 64.0 Å². The predicted molar refractivity (Wildman–Crippen MR) is 104 cm³/mol. The first-order chi connectivity index (χ1) is 12.5. The molecule has 2 aromatic rings. The molecule has 0 N–H and O–H groups in total. The zero-order chi connectivity index (χ0) is 18.7. The van der Waals surface area contributed by atoms with Crippen molar-refractivity contribution in [1.82, 2.24) is 15.0 Å². The summed E-state index contributed by atoms with van der Waals surface area (Å²) in [5.41, 5.74) is 4.62. The Morgan fingerprint density at radius 1 is 1.35 bits per heavy atom. The number of methoxy groups -OCH3 is 1. The number of hydrogen-bond acceptors (Lipinski definition) is 5. The van der Waals surface area contributed by atoms with Crippen LogP contribution in [0.1, 0.15) is 34.6 Å². The second kappa shape index (κ2) is 8.23. The SMILES string of the molecule is COc1ccc(CN(C)CC2CCN(C)C2)cc1Cc1c(C)noc1C. The predicted octanol–water partition coefficient (Wildman–Crippen LogP) is 3.27. The third-order valence-corrected chi connectivity index (χ3v) is 5.40. The average Bonchev–Trinajstić information content (AvgIpc) is 3.15. The van der Waals surface area contributed by atoms with E-state index in [4.69, 9.17) is 9.26 Å². The van der Waals surface area contributed by atoms with E-state index in [0.29, 0.717) is 0 Å². The van der Waals surface area contributed by atoms with Crippen LogP contribution in [0, 0.1) is 19.8 Å². The Balaban J connectivity index is 1.70. The highest BCUT2D eigenvalue weighted by Crippen LogP contribution is 2.26. The molecule has 1 saturated heterocycles. The zero-order valence-electron chi connectivity index (χ0n) is 16.7. The van der Waals surface area contributed by atoms with E-state index in [-0.39, 0.29) is 0 Å². The van der Waals surface area contributed by atoms with Crippen LogP contribution < -0.4 is 4.74 Å². The van der Waals surface area contributed by atoms with Crippen molar-refractivity contribution in [3.05, 3.63) is 46.3 Å². The molecule has 0 spiro atoms. The van der Waals surface area contributed by atoms with E-state index in [1.165, 1.54) is 30.6 Å². The van der Waals surface area contributed by atoms with E-state index in [1.54, 1.807) is 7.11 Å². The number of rotatable bonds is 7. The van der Waals surface area contributed by atoms with E-state index >= 15 is 0 Å². The molecule has 0 amide bonds. The lowest BCUT2D eigenvalue weighted by atomic mass is 10.00. The van der Waals surface area contributed by atoms with Crippen molar-refractivity contribution in [3.63, 3.8) is 0 Å². The van der Waals surface area contributed by atoms with E-state index < -0.39 is 0 Å². The largest absolute Gasteiger partial charge is 0.496 e. The van der Waals surface area contributed by atoms with Crippen LogP contribution in [0.25, 0.3) is 0 Å². The summed E-state index contributed by atoms with van der Waals surface area (Å²) in [7, 11) is 6.16. The summed E-state index contributed by atoms with van der Waals surface area (Å²) in [6, 6.07) is 6.52. The monoisotopic (exact) mass is 357 g/mol. The Labute approximate surface area is 156 Å². The lowest BCUT2D eigenvalue weighted by Crippen LogP contribution is -2.27. The fraction of sp³-hybridized carbons (Fsp3) is 0.571. The first kappa shape index (κ1) is 18.9. The Morgan fingerprint density at radius 3 is 2.77 bits per heavy atom. The van der Waals surface area contributed by atoms with Crippen LogP contribution in [-0.4, -0.2) is 55.8 Å². The molecule has 142 valence electrons. The van der Waals surface area contributed by atoms with Crippen molar-refractivity contribution in [2.45, 2.75) is 33.2 Å². The average molecular weight is 357 g/mol. The molecule has 1 aliphatic rings. The van der Waals surface area contributed by atoms with Gasteiger partial charge in [0.05, 0.1) is 12.8 Å². The van der Waals surface area contributed by atoms with E-state index in [9.17, 15) is 0 Å². The van der Waals surface area contributed by atoms with Gasteiger partial charge in [-0.3, -0.25) is 0 Å². The highest BCUT2D eigenvalue weighted by molar-refractivity contribution is 5.41. The first-order valence-electron chi connectivity index (χ1n) is 9.41. The number of ether oxygens (including phenoxy) is 1. The molecule has 1 unspecified atom stereocenters. The fourth-order valence-corrected chi connectivity index (χ4v) is 4.01. The Bertz CT molecular complexity index is 721. The van der Waals surface area contributed by atoms with Crippen LogP contribution in [0.4, 0.5) is 0 Å². The minimum Gasteiger partial charge on any atom is -0.496 e. The van der Waals surface area contributed by atoms with Gasteiger partial charge in [-0.2, -0.15) is 0 Å². The van der Waals surface area contributed by atoms with Crippen molar-refractivity contribution < 1.29 is 9.26 Å². The molecule has 0 saturated carbocycles. The second-order valence-corrected chi connectivity index (χ2v) is 7.74. The van der Waals surface area contributed by atoms with Crippen molar-refractivity contribution >= 4 is 0 Å².